The van der Waals surface area contributed by atoms with Crippen LogP contribution in [0.5, 0.6) is 11.5 Å². The average molecular weight is 759 g/mol. The van der Waals surface area contributed by atoms with E-state index in [0.717, 1.165) is 22.3 Å². The van der Waals surface area contributed by atoms with E-state index >= 15 is 0 Å². The third-order valence-electron chi connectivity index (χ3n) is 11.9. The molecule has 1 aliphatic carbocycles. The van der Waals surface area contributed by atoms with Crippen LogP contribution < -0.4 is 9.47 Å². The number of aliphatic hydroxyl groups is 2. The number of nitrogens with zero attached hydrogens (tertiary/aromatic N) is 2. The van der Waals surface area contributed by atoms with Crippen LogP contribution in [0.25, 0.3) is 0 Å². The summed E-state index contributed by atoms with van der Waals surface area (Å²) in [5, 5.41) is 24.5. The molecule has 2 heterocycles. The summed E-state index contributed by atoms with van der Waals surface area (Å²) in [7, 11) is 3.20. The van der Waals surface area contributed by atoms with Gasteiger partial charge in [0.25, 0.3) is 0 Å². The molecule has 0 saturated heterocycles. The standard InChI is InChI=1S/C46H50N2O8/c1-5-55-41(51)37-27-47(25-31-13-9-7-10-14-31)43-45(29-49,39(37)33-17-21-35(53-3)22-18-33)44-46(43,30-50)40(34-19-23-36(54-4)24-20-34)38(42(52)56-6-2)28-48(44)26-32-15-11-8-12-16-32/h7-24,27-28,39-40,43-44,49-50H,5-6,25-26,29-30H2,1-4H3/t39-,40-,43?,44?,45?,46?/m0/s1. The van der Waals surface area contributed by atoms with Crippen molar-refractivity contribution in [3.05, 3.63) is 155 Å². The van der Waals surface area contributed by atoms with Crippen molar-refractivity contribution in [2.75, 3.05) is 40.6 Å². The molecule has 10 heteroatoms. The molecule has 1 fully saturated rings. The van der Waals surface area contributed by atoms with Crippen LogP contribution in [0.1, 0.15) is 47.9 Å². The zero-order chi connectivity index (χ0) is 39.5. The molecule has 0 aromatic heterocycles. The molecule has 7 rings (SSSR count). The number of rotatable bonds is 14. The summed E-state index contributed by atoms with van der Waals surface area (Å²) in [4.78, 5) is 32.8. The number of carbonyl (C=O) groups is 2. The molecule has 0 bridgehead atoms. The molecule has 10 nitrogen and oxygen atoms in total. The molecule has 0 radical (unpaired) electrons. The Kier molecular flexibility index (Phi) is 11.2. The van der Waals surface area contributed by atoms with Crippen molar-refractivity contribution in [1.29, 1.82) is 0 Å². The Bertz CT molecular complexity index is 1890. The fourth-order valence-corrected chi connectivity index (χ4v) is 10.0. The molecule has 292 valence electrons. The van der Waals surface area contributed by atoms with Gasteiger partial charge in [-0.05, 0) is 60.4 Å². The lowest BCUT2D eigenvalue weighted by Gasteiger charge is -2.78. The van der Waals surface area contributed by atoms with Gasteiger partial charge in [-0.15, -0.1) is 0 Å². The molecule has 2 N–H and O–H groups in total. The molecule has 2 aliphatic heterocycles. The van der Waals surface area contributed by atoms with Gasteiger partial charge < -0.3 is 39.0 Å². The number of carbonyl (C=O) groups excluding carboxylic acids is 2. The fourth-order valence-electron chi connectivity index (χ4n) is 10.0. The van der Waals surface area contributed by atoms with Crippen LogP contribution in [0.2, 0.25) is 0 Å². The van der Waals surface area contributed by atoms with Crippen LogP contribution in [0.4, 0.5) is 0 Å². The molecular weight excluding hydrogens is 709 g/mol. The first-order valence-electron chi connectivity index (χ1n) is 19.2. The third kappa shape index (κ3) is 6.40. The minimum Gasteiger partial charge on any atom is -0.497 e. The Hall–Kier alpha value is -5.58. The molecular formula is C46H50N2O8. The van der Waals surface area contributed by atoms with Crippen LogP contribution in [0, 0.1) is 10.8 Å². The molecule has 0 unspecified atom stereocenters. The van der Waals surface area contributed by atoms with E-state index in [1.54, 1.807) is 28.1 Å². The molecule has 1 saturated carbocycles. The summed E-state index contributed by atoms with van der Waals surface area (Å²) in [6, 6.07) is 33.7. The first-order valence-corrected chi connectivity index (χ1v) is 19.2. The van der Waals surface area contributed by atoms with Crippen LogP contribution in [0.3, 0.4) is 0 Å². The molecule has 4 aromatic rings. The highest BCUT2D eigenvalue weighted by molar-refractivity contribution is 5.92. The summed E-state index contributed by atoms with van der Waals surface area (Å²) < 4.78 is 22.6. The van der Waals surface area contributed by atoms with Gasteiger partial charge in [-0.25, -0.2) is 9.59 Å². The highest BCUT2D eigenvalue weighted by Gasteiger charge is 2.81. The zero-order valence-electron chi connectivity index (χ0n) is 32.3. The zero-order valence-corrected chi connectivity index (χ0v) is 32.3. The highest BCUT2D eigenvalue weighted by Crippen LogP contribution is 2.74. The largest absolute Gasteiger partial charge is 0.497 e. The SMILES string of the molecule is CCOC(=O)C1=CN(Cc2ccccc2)C2C(CO)(C3N(Cc4ccccc4)C=C(C(=O)OCC)[C@H](c4ccc(OC)cc4)C23CO)[C@H]1c1ccc(OC)cc1. The van der Waals surface area contributed by atoms with Gasteiger partial charge >= 0.3 is 11.9 Å². The Morgan fingerprint density at radius 1 is 0.571 bits per heavy atom. The van der Waals surface area contributed by atoms with Gasteiger partial charge in [0.2, 0.25) is 0 Å². The van der Waals surface area contributed by atoms with E-state index in [1.807, 2.05) is 122 Å². The minimum absolute atomic E-state index is 0.162. The van der Waals surface area contributed by atoms with Gasteiger partial charge in [-0.3, -0.25) is 0 Å². The smallest absolute Gasteiger partial charge is 0.336 e. The normalized spacial score (nSPS) is 25.1. The predicted octanol–water partition coefficient (Wildman–Crippen LogP) is 6.21. The van der Waals surface area contributed by atoms with Gasteiger partial charge in [0.1, 0.15) is 11.5 Å². The van der Waals surface area contributed by atoms with E-state index in [-0.39, 0.29) is 26.4 Å². The summed E-state index contributed by atoms with van der Waals surface area (Å²) in [6.07, 6.45) is 3.72. The Morgan fingerprint density at radius 3 is 1.23 bits per heavy atom. The van der Waals surface area contributed by atoms with Gasteiger partial charge in [0, 0.05) is 48.2 Å². The lowest BCUT2D eigenvalue weighted by molar-refractivity contribution is -0.264. The molecule has 4 aromatic carbocycles. The van der Waals surface area contributed by atoms with Gasteiger partial charge in [-0.2, -0.15) is 0 Å². The van der Waals surface area contributed by atoms with E-state index in [2.05, 4.69) is 9.80 Å². The number of fused-ring (bicyclic) bond motifs is 4. The number of hydrogen-bond acceptors (Lipinski definition) is 10. The van der Waals surface area contributed by atoms with Crippen LogP contribution in [-0.2, 0) is 32.2 Å². The van der Waals surface area contributed by atoms with Crippen molar-refractivity contribution >= 4 is 11.9 Å². The van der Waals surface area contributed by atoms with E-state index < -0.39 is 46.7 Å². The quantitative estimate of drug-likeness (QED) is 0.144. The van der Waals surface area contributed by atoms with Crippen molar-refractivity contribution in [3.8, 4) is 11.5 Å². The highest BCUT2D eigenvalue weighted by atomic mass is 16.5. The van der Waals surface area contributed by atoms with Gasteiger partial charge in [0.05, 0.1) is 63.9 Å². The molecule has 56 heavy (non-hydrogen) atoms. The van der Waals surface area contributed by atoms with Gasteiger partial charge in [-0.1, -0.05) is 84.9 Å². The number of methoxy groups -OCH3 is 2. The third-order valence-corrected chi connectivity index (χ3v) is 11.9. The van der Waals surface area contributed by atoms with E-state index in [9.17, 15) is 19.8 Å². The van der Waals surface area contributed by atoms with Crippen LogP contribution >= 0.6 is 0 Å². The maximum atomic E-state index is 14.3. The predicted molar refractivity (Wildman–Crippen MR) is 211 cm³/mol. The topological polar surface area (TPSA) is 118 Å². The average Bonchev–Trinajstić information content (AvgIpc) is 3.23. The van der Waals surface area contributed by atoms with Crippen LogP contribution in [-0.4, -0.2) is 84.7 Å². The molecule has 0 amide bonds. The Labute approximate surface area is 328 Å². The van der Waals surface area contributed by atoms with E-state index in [4.69, 9.17) is 18.9 Å². The minimum atomic E-state index is -1.13. The maximum absolute atomic E-state index is 14.3. The van der Waals surface area contributed by atoms with Crippen LogP contribution in [0.15, 0.2) is 133 Å². The summed E-state index contributed by atoms with van der Waals surface area (Å²) in [5.41, 5.74) is 2.05. The summed E-state index contributed by atoms with van der Waals surface area (Å²) in [6.45, 7) is 3.88. The second-order valence-electron chi connectivity index (χ2n) is 14.7. The number of benzene rings is 4. The van der Waals surface area contributed by atoms with Crippen molar-refractivity contribution in [2.45, 2.75) is 50.9 Å². The summed E-state index contributed by atoms with van der Waals surface area (Å²) >= 11 is 0. The van der Waals surface area contributed by atoms with Crippen molar-refractivity contribution < 1.29 is 38.7 Å². The van der Waals surface area contributed by atoms with E-state index in [0.29, 0.717) is 35.7 Å². The number of ether oxygens (including phenoxy) is 4. The Balaban J connectivity index is 1.56. The van der Waals surface area contributed by atoms with Gasteiger partial charge in [0.15, 0.2) is 0 Å². The second kappa shape index (κ2) is 16.3. The first kappa shape index (κ1) is 38.7. The number of aliphatic hydroxyl groups excluding tert-OH is 2. The lowest BCUT2D eigenvalue weighted by Crippen LogP contribution is -2.86. The number of hydrogen-bond donors (Lipinski definition) is 2. The van der Waals surface area contributed by atoms with Crippen molar-refractivity contribution in [2.24, 2.45) is 10.8 Å². The Morgan fingerprint density at radius 2 is 0.929 bits per heavy atom. The fraction of sp³-hybridized carbons (Fsp3) is 0.348. The second-order valence-corrected chi connectivity index (χ2v) is 14.7. The maximum Gasteiger partial charge on any atom is 0.336 e. The monoisotopic (exact) mass is 758 g/mol. The van der Waals surface area contributed by atoms with Crippen molar-refractivity contribution in [3.63, 3.8) is 0 Å². The molecule has 3 aliphatic rings. The lowest BCUT2D eigenvalue weighted by atomic mass is 9.34. The van der Waals surface area contributed by atoms with E-state index in [1.165, 1.54) is 0 Å². The molecule has 0 spiro atoms. The van der Waals surface area contributed by atoms with Crippen molar-refractivity contribution in [1.82, 2.24) is 9.80 Å². The first-order chi connectivity index (χ1) is 27.3. The number of esters is 2. The molecule has 2 atom stereocenters. The summed E-state index contributed by atoms with van der Waals surface area (Å²) in [5.74, 6) is -1.05.